The number of epoxide rings is 1. The number of unbranched alkanes of at least 4 members (excludes halogenated alkanes) is 1. The van der Waals surface area contributed by atoms with Crippen molar-refractivity contribution in [3.63, 3.8) is 0 Å². The standard InChI is InChI=1S/C7H14OS/c1-2-3-4-9-6-7-5-8-7/h7H,2-6H2,1H3/t7-/m0/s1. The summed E-state index contributed by atoms with van der Waals surface area (Å²) in [4.78, 5) is 0. The fraction of sp³-hybridized carbons (Fsp3) is 1.00. The minimum atomic E-state index is 0.617. The van der Waals surface area contributed by atoms with E-state index in [1.165, 1.54) is 24.3 Å². The van der Waals surface area contributed by atoms with Crippen LogP contribution in [0.3, 0.4) is 0 Å². The van der Waals surface area contributed by atoms with E-state index in [4.69, 9.17) is 4.74 Å². The molecule has 2 heteroatoms. The van der Waals surface area contributed by atoms with Gasteiger partial charge in [0.05, 0.1) is 12.7 Å². The van der Waals surface area contributed by atoms with Crippen LogP contribution in [0, 0.1) is 0 Å². The zero-order chi connectivity index (χ0) is 6.53. The van der Waals surface area contributed by atoms with Crippen molar-refractivity contribution < 1.29 is 4.74 Å². The molecule has 0 saturated carbocycles. The molecule has 0 bridgehead atoms. The lowest BCUT2D eigenvalue weighted by Crippen LogP contribution is -1.90. The van der Waals surface area contributed by atoms with Crippen molar-refractivity contribution in [3.05, 3.63) is 0 Å². The van der Waals surface area contributed by atoms with Gasteiger partial charge < -0.3 is 4.74 Å². The number of rotatable bonds is 5. The molecule has 1 fully saturated rings. The number of hydrogen-bond donors (Lipinski definition) is 0. The maximum Gasteiger partial charge on any atom is 0.0900 e. The van der Waals surface area contributed by atoms with Crippen molar-refractivity contribution in [2.45, 2.75) is 25.9 Å². The topological polar surface area (TPSA) is 12.5 Å². The van der Waals surface area contributed by atoms with Crippen LogP contribution in [0.1, 0.15) is 19.8 Å². The van der Waals surface area contributed by atoms with Crippen LogP contribution in [0.25, 0.3) is 0 Å². The smallest absolute Gasteiger partial charge is 0.0900 e. The summed E-state index contributed by atoms with van der Waals surface area (Å²) in [6.45, 7) is 3.24. The van der Waals surface area contributed by atoms with Gasteiger partial charge in [0.15, 0.2) is 0 Å². The summed E-state index contributed by atoms with van der Waals surface area (Å²) >= 11 is 2.02. The van der Waals surface area contributed by atoms with E-state index in [0.29, 0.717) is 6.10 Å². The van der Waals surface area contributed by atoms with Gasteiger partial charge in [0.1, 0.15) is 0 Å². The second-order valence-corrected chi connectivity index (χ2v) is 3.53. The molecule has 0 N–H and O–H groups in total. The molecule has 0 aromatic carbocycles. The molecule has 1 aliphatic rings. The zero-order valence-electron chi connectivity index (χ0n) is 5.93. The highest BCUT2D eigenvalue weighted by Crippen LogP contribution is 2.16. The van der Waals surface area contributed by atoms with E-state index in [1.807, 2.05) is 11.8 Å². The van der Waals surface area contributed by atoms with Gasteiger partial charge in [0, 0.05) is 5.75 Å². The Kier molecular flexibility index (Phi) is 3.44. The fourth-order valence-corrected chi connectivity index (χ4v) is 1.74. The van der Waals surface area contributed by atoms with E-state index >= 15 is 0 Å². The molecule has 1 nitrogen and oxygen atoms in total. The van der Waals surface area contributed by atoms with Crippen molar-refractivity contribution in [2.75, 3.05) is 18.1 Å². The molecule has 1 aliphatic heterocycles. The van der Waals surface area contributed by atoms with Gasteiger partial charge in [-0.2, -0.15) is 11.8 Å². The van der Waals surface area contributed by atoms with Crippen molar-refractivity contribution in [1.82, 2.24) is 0 Å². The van der Waals surface area contributed by atoms with Gasteiger partial charge in [0.2, 0.25) is 0 Å². The number of thioether (sulfide) groups is 1. The fourth-order valence-electron chi connectivity index (χ4n) is 0.625. The molecule has 0 amide bonds. The first-order valence-corrected chi connectivity index (χ1v) is 4.78. The lowest BCUT2D eigenvalue weighted by atomic mass is 10.4. The average molecular weight is 146 g/mol. The Morgan fingerprint density at radius 1 is 1.67 bits per heavy atom. The molecule has 0 aromatic heterocycles. The molecule has 1 rings (SSSR count). The van der Waals surface area contributed by atoms with E-state index in [2.05, 4.69) is 6.92 Å². The molecular weight excluding hydrogens is 132 g/mol. The van der Waals surface area contributed by atoms with E-state index in [1.54, 1.807) is 0 Å². The van der Waals surface area contributed by atoms with Gasteiger partial charge in [-0.15, -0.1) is 0 Å². The molecule has 1 heterocycles. The Morgan fingerprint density at radius 2 is 2.44 bits per heavy atom. The molecule has 1 atom stereocenters. The Morgan fingerprint density at radius 3 is 3.00 bits per heavy atom. The molecule has 54 valence electrons. The molecule has 0 unspecified atom stereocenters. The third-order valence-corrected chi connectivity index (χ3v) is 2.53. The van der Waals surface area contributed by atoms with E-state index in [0.717, 1.165) is 6.61 Å². The first kappa shape index (κ1) is 7.42. The normalized spacial score (nSPS) is 24.3. The van der Waals surface area contributed by atoms with Crippen LogP contribution in [-0.2, 0) is 4.74 Å². The summed E-state index contributed by atoms with van der Waals surface area (Å²) in [5.41, 5.74) is 0. The molecule has 0 radical (unpaired) electrons. The molecule has 0 aromatic rings. The third-order valence-electron chi connectivity index (χ3n) is 1.35. The van der Waals surface area contributed by atoms with E-state index < -0.39 is 0 Å². The second kappa shape index (κ2) is 4.18. The van der Waals surface area contributed by atoms with Gasteiger partial charge in [0.25, 0.3) is 0 Å². The summed E-state index contributed by atoms with van der Waals surface area (Å²) in [6, 6.07) is 0. The second-order valence-electron chi connectivity index (χ2n) is 2.38. The van der Waals surface area contributed by atoms with Gasteiger partial charge in [-0.3, -0.25) is 0 Å². The van der Waals surface area contributed by atoms with E-state index in [9.17, 15) is 0 Å². The highest BCUT2D eigenvalue weighted by atomic mass is 32.2. The van der Waals surface area contributed by atoms with Crippen molar-refractivity contribution in [1.29, 1.82) is 0 Å². The highest BCUT2D eigenvalue weighted by Gasteiger charge is 2.21. The van der Waals surface area contributed by atoms with Crippen LogP contribution >= 0.6 is 11.8 Å². The van der Waals surface area contributed by atoms with Gasteiger partial charge in [-0.05, 0) is 12.2 Å². The first-order valence-electron chi connectivity index (χ1n) is 3.63. The summed E-state index contributed by atoms with van der Waals surface area (Å²) < 4.78 is 5.07. The lowest BCUT2D eigenvalue weighted by Gasteiger charge is -1.94. The van der Waals surface area contributed by atoms with Gasteiger partial charge in [-0.1, -0.05) is 13.3 Å². The van der Waals surface area contributed by atoms with Gasteiger partial charge in [-0.25, -0.2) is 0 Å². The molecule has 1 saturated heterocycles. The first-order chi connectivity index (χ1) is 4.43. The minimum absolute atomic E-state index is 0.617. The lowest BCUT2D eigenvalue weighted by molar-refractivity contribution is 0.426. The maximum absolute atomic E-state index is 5.07. The Balaban J connectivity index is 1.71. The average Bonchev–Trinajstić information content (AvgIpc) is 2.63. The number of ether oxygens (including phenoxy) is 1. The SMILES string of the molecule is CCCCSC[C@@H]1CO1. The predicted molar refractivity (Wildman–Crippen MR) is 42.0 cm³/mol. The Labute approximate surface area is 61.2 Å². The van der Waals surface area contributed by atoms with Crippen LogP contribution in [0.5, 0.6) is 0 Å². The monoisotopic (exact) mass is 146 g/mol. The minimum Gasteiger partial charge on any atom is -0.372 e. The summed E-state index contributed by atoms with van der Waals surface area (Å²) in [7, 11) is 0. The van der Waals surface area contributed by atoms with E-state index in [-0.39, 0.29) is 0 Å². The quantitative estimate of drug-likeness (QED) is 0.434. The van der Waals surface area contributed by atoms with Crippen LogP contribution in [0.2, 0.25) is 0 Å². The van der Waals surface area contributed by atoms with Gasteiger partial charge >= 0.3 is 0 Å². The molecular formula is C7H14OS. The summed E-state index contributed by atoms with van der Waals surface area (Å²) in [5, 5.41) is 0. The van der Waals surface area contributed by atoms with Crippen molar-refractivity contribution in [2.24, 2.45) is 0 Å². The molecule has 9 heavy (non-hydrogen) atoms. The van der Waals surface area contributed by atoms with Crippen molar-refractivity contribution >= 4 is 11.8 Å². The van der Waals surface area contributed by atoms with Crippen LogP contribution in [0.4, 0.5) is 0 Å². The molecule has 0 spiro atoms. The maximum atomic E-state index is 5.07. The largest absolute Gasteiger partial charge is 0.372 e. The number of hydrogen-bond acceptors (Lipinski definition) is 2. The zero-order valence-corrected chi connectivity index (χ0v) is 6.75. The third kappa shape index (κ3) is 3.82. The summed E-state index contributed by atoms with van der Waals surface area (Å²) in [5.74, 6) is 2.54. The van der Waals surface area contributed by atoms with Crippen LogP contribution in [0.15, 0.2) is 0 Å². The van der Waals surface area contributed by atoms with Crippen LogP contribution in [-0.4, -0.2) is 24.2 Å². The van der Waals surface area contributed by atoms with Crippen LogP contribution < -0.4 is 0 Å². The Bertz CT molecular complexity index is 71.3. The Hall–Kier alpha value is 0.310. The van der Waals surface area contributed by atoms with Crippen molar-refractivity contribution in [3.8, 4) is 0 Å². The molecule has 0 aliphatic carbocycles. The summed E-state index contributed by atoms with van der Waals surface area (Å²) in [6.07, 6.45) is 3.29. The highest BCUT2D eigenvalue weighted by molar-refractivity contribution is 7.99. The predicted octanol–water partition coefficient (Wildman–Crippen LogP) is 1.92.